The summed E-state index contributed by atoms with van der Waals surface area (Å²) in [4.78, 5) is 29.9. The number of hydrogen-bond acceptors (Lipinski definition) is 7. The van der Waals surface area contributed by atoms with Crippen LogP contribution >= 0.6 is 7.37 Å². The number of carboxylic acid groups (broad SMARTS) is 1. The lowest BCUT2D eigenvalue weighted by atomic mass is 10.2. The van der Waals surface area contributed by atoms with E-state index in [9.17, 15) is 39.0 Å². The van der Waals surface area contributed by atoms with Crippen molar-refractivity contribution in [3.05, 3.63) is 33.6 Å². The van der Waals surface area contributed by atoms with E-state index in [0.717, 1.165) is 0 Å². The SMILES string of the molecule is N[C@@H](CCP(=O)(O)[C@@H](O)c1cc(F)c(O)c([N+](=O)[O-])c1)C(=O)O. The number of rotatable bonds is 7. The number of halogens is 1. The Labute approximate surface area is 128 Å². The van der Waals surface area contributed by atoms with Gasteiger partial charge in [0.25, 0.3) is 0 Å². The van der Waals surface area contributed by atoms with Crippen LogP contribution in [0.5, 0.6) is 5.75 Å². The second-order valence-corrected chi connectivity index (χ2v) is 7.16. The first-order valence-corrected chi connectivity index (χ1v) is 8.03. The van der Waals surface area contributed by atoms with Crippen molar-refractivity contribution in [1.82, 2.24) is 0 Å². The van der Waals surface area contributed by atoms with E-state index in [2.05, 4.69) is 0 Å². The Bertz CT molecular complexity index is 682. The number of phenols is 1. The van der Waals surface area contributed by atoms with E-state index in [1.807, 2.05) is 0 Å². The van der Waals surface area contributed by atoms with E-state index in [4.69, 9.17) is 10.8 Å². The lowest BCUT2D eigenvalue weighted by Gasteiger charge is -2.19. The third-order valence-electron chi connectivity index (χ3n) is 3.02. The number of nitrogens with zero attached hydrogens (tertiary/aromatic N) is 1. The summed E-state index contributed by atoms with van der Waals surface area (Å²) >= 11 is 0. The second kappa shape index (κ2) is 7.01. The van der Waals surface area contributed by atoms with E-state index in [1.165, 1.54) is 0 Å². The molecule has 128 valence electrons. The third-order valence-corrected chi connectivity index (χ3v) is 4.98. The first-order chi connectivity index (χ1) is 10.5. The highest BCUT2D eigenvalue weighted by molar-refractivity contribution is 7.58. The lowest BCUT2D eigenvalue weighted by Crippen LogP contribution is -2.31. The highest BCUT2D eigenvalue weighted by Gasteiger charge is 2.34. The molecule has 0 saturated carbocycles. The largest absolute Gasteiger partial charge is 0.500 e. The van der Waals surface area contributed by atoms with Gasteiger partial charge in [-0.05, 0) is 12.5 Å². The quantitative estimate of drug-likeness (QED) is 0.265. The van der Waals surface area contributed by atoms with Crippen molar-refractivity contribution in [1.29, 1.82) is 0 Å². The normalized spacial score (nSPS) is 16.3. The zero-order chi connectivity index (χ0) is 17.9. The van der Waals surface area contributed by atoms with Crippen molar-refractivity contribution in [2.24, 2.45) is 5.73 Å². The number of nitro groups is 1. The van der Waals surface area contributed by atoms with Crippen molar-refractivity contribution in [2.75, 3.05) is 6.16 Å². The zero-order valence-electron chi connectivity index (χ0n) is 11.5. The third kappa shape index (κ3) is 4.45. The first-order valence-electron chi connectivity index (χ1n) is 6.12. The van der Waals surface area contributed by atoms with Crippen LogP contribution in [0.4, 0.5) is 10.1 Å². The zero-order valence-corrected chi connectivity index (χ0v) is 12.4. The molecule has 0 heterocycles. The Morgan fingerprint density at radius 3 is 2.52 bits per heavy atom. The maximum Gasteiger partial charge on any atom is 0.320 e. The van der Waals surface area contributed by atoms with Gasteiger partial charge < -0.3 is 25.9 Å². The number of aliphatic carboxylic acids is 1. The lowest BCUT2D eigenvalue weighted by molar-refractivity contribution is -0.386. The van der Waals surface area contributed by atoms with E-state index in [1.54, 1.807) is 0 Å². The standard InChI is InChI=1S/C11H14FN2O8P/c12-6-3-5(4-8(9(6)15)14(19)20)11(18)23(21,22)2-1-7(13)10(16)17/h3-4,7,11,15,18H,1-2,13H2,(H,16,17)(H,21,22)/t7-,11+/m0/s1. The van der Waals surface area contributed by atoms with Gasteiger partial charge in [0, 0.05) is 17.8 Å². The second-order valence-electron chi connectivity index (χ2n) is 4.71. The van der Waals surface area contributed by atoms with Crippen LogP contribution in [0.2, 0.25) is 0 Å². The fourth-order valence-corrected chi connectivity index (χ4v) is 3.20. The molecule has 1 aromatic carbocycles. The van der Waals surface area contributed by atoms with Crippen LogP contribution in [-0.4, -0.2) is 43.3 Å². The van der Waals surface area contributed by atoms with E-state index in [0.29, 0.717) is 12.1 Å². The minimum atomic E-state index is -4.44. The molecule has 6 N–H and O–H groups in total. The molecule has 23 heavy (non-hydrogen) atoms. The number of aromatic hydroxyl groups is 1. The topological polar surface area (TPSA) is 184 Å². The summed E-state index contributed by atoms with van der Waals surface area (Å²) in [6.07, 6.45) is -1.14. The summed E-state index contributed by atoms with van der Waals surface area (Å²) in [6, 6.07) is -0.399. The van der Waals surface area contributed by atoms with Gasteiger partial charge in [-0.3, -0.25) is 19.5 Å². The van der Waals surface area contributed by atoms with Gasteiger partial charge in [0.2, 0.25) is 13.1 Å². The smallest absolute Gasteiger partial charge is 0.320 e. The summed E-state index contributed by atoms with van der Waals surface area (Å²) in [6.45, 7) is 0. The Hall–Kier alpha value is -2.07. The molecule has 0 spiro atoms. The van der Waals surface area contributed by atoms with Crippen LogP contribution in [0.3, 0.4) is 0 Å². The number of carboxylic acids is 1. The summed E-state index contributed by atoms with van der Waals surface area (Å²) in [7, 11) is -4.44. The average Bonchev–Trinajstić information content (AvgIpc) is 2.46. The molecule has 1 unspecified atom stereocenters. The van der Waals surface area contributed by atoms with Gasteiger partial charge in [-0.2, -0.15) is 0 Å². The molecule has 1 rings (SSSR count). The van der Waals surface area contributed by atoms with Gasteiger partial charge in [0.1, 0.15) is 6.04 Å². The number of carbonyl (C=O) groups is 1. The van der Waals surface area contributed by atoms with E-state index >= 15 is 0 Å². The average molecular weight is 352 g/mol. The maximum atomic E-state index is 13.4. The number of nitro benzene ring substituents is 1. The number of benzene rings is 1. The van der Waals surface area contributed by atoms with Crippen molar-refractivity contribution >= 4 is 19.0 Å². The molecule has 0 bridgehead atoms. The summed E-state index contributed by atoms with van der Waals surface area (Å²) < 4.78 is 25.5. The molecule has 0 amide bonds. The molecule has 0 aromatic heterocycles. The Balaban J connectivity index is 3.08. The number of nitrogens with two attached hydrogens (primary N) is 1. The molecule has 0 fully saturated rings. The molecule has 0 aliphatic rings. The summed E-state index contributed by atoms with van der Waals surface area (Å²) in [5.74, 6) is -6.33. The predicted octanol–water partition coefficient (Wildman–Crippen LogP) is 0.503. The number of aliphatic hydroxyl groups is 1. The van der Waals surface area contributed by atoms with Crippen LogP contribution in [0.25, 0.3) is 0 Å². The fourth-order valence-electron chi connectivity index (χ4n) is 1.70. The predicted molar refractivity (Wildman–Crippen MR) is 74.6 cm³/mol. The monoisotopic (exact) mass is 352 g/mol. The molecule has 0 aliphatic heterocycles. The van der Waals surface area contributed by atoms with Crippen LogP contribution in [0, 0.1) is 15.9 Å². The van der Waals surface area contributed by atoms with Crippen LogP contribution in [0.1, 0.15) is 17.8 Å². The highest BCUT2D eigenvalue weighted by atomic mass is 31.2. The Kier molecular flexibility index (Phi) is 5.78. The van der Waals surface area contributed by atoms with Gasteiger partial charge in [0.05, 0.1) is 4.92 Å². The van der Waals surface area contributed by atoms with Crippen LogP contribution < -0.4 is 5.73 Å². The van der Waals surface area contributed by atoms with Crippen molar-refractivity contribution in [3.8, 4) is 5.75 Å². The Morgan fingerprint density at radius 2 is 2.04 bits per heavy atom. The van der Waals surface area contributed by atoms with Gasteiger partial charge in [-0.1, -0.05) is 0 Å². The van der Waals surface area contributed by atoms with Gasteiger partial charge in [-0.15, -0.1) is 0 Å². The van der Waals surface area contributed by atoms with E-state index in [-0.39, 0.29) is 0 Å². The fraction of sp³-hybridized carbons (Fsp3) is 0.364. The van der Waals surface area contributed by atoms with Crippen LogP contribution in [0.15, 0.2) is 12.1 Å². The van der Waals surface area contributed by atoms with Crippen molar-refractivity contribution in [2.45, 2.75) is 18.3 Å². The molecule has 10 nitrogen and oxygen atoms in total. The first kappa shape index (κ1) is 19.0. The summed E-state index contributed by atoms with van der Waals surface area (Å²) in [5.41, 5.74) is 3.50. The summed E-state index contributed by atoms with van der Waals surface area (Å²) in [5, 5.41) is 38.3. The van der Waals surface area contributed by atoms with Gasteiger partial charge in [0.15, 0.2) is 11.7 Å². The molecular weight excluding hydrogens is 338 g/mol. The minimum absolute atomic E-state index is 0.442. The van der Waals surface area contributed by atoms with Crippen molar-refractivity contribution < 1.29 is 38.9 Å². The molecule has 0 saturated heterocycles. The maximum absolute atomic E-state index is 13.4. The van der Waals surface area contributed by atoms with Gasteiger partial charge in [-0.25, -0.2) is 4.39 Å². The number of aliphatic hydroxyl groups excluding tert-OH is 1. The van der Waals surface area contributed by atoms with Gasteiger partial charge >= 0.3 is 11.7 Å². The highest BCUT2D eigenvalue weighted by Crippen LogP contribution is 2.55. The number of phenolic OH excluding ortho intramolecular Hbond substituents is 1. The van der Waals surface area contributed by atoms with Crippen molar-refractivity contribution in [3.63, 3.8) is 0 Å². The molecule has 1 aromatic rings. The molecule has 0 aliphatic carbocycles. The number of hydrogen-bond donors (Lipinski definition) is 5. The minimum Gasteiger partial charge on any atom is -0.500 e. The molecular formula is C11H14FN2O8P. The molecule has 0 radical (unpaired) electrons. The molecule has 3 atom stereocenters. The molecule has 12 heteroatoms. The van der Waals surface area contributed by atoms with Crippen LogP contribution in [-0.2, 0) is 9.36 Å². The Morgan fingerprint density at radius 1 is 1.48 bits per heavy atom. The van der Waals surface area contributed by atoms with E-state index < -0.39 is 65.5 Å².